The lowest BCUT2D eigenvalue weighted by Gasteiger charge is -2.49. The Morgan fingerprint density at radius 3 is 2.94 bits per heavy atom. The molecule has 4 aromatic rings. The SMILES string of the molecule is O=c1[nH]c2ccc(N[C@@H]3CCC4(C3)CN(c3ncnc5sc(CC(F)(F)F)cc35)C4)cc2o1. The Morgan fingerprint density at radius 2 is 2.12 bits per heavy atom. The predicted octanol–water partition coefficient (Wildman–Crippen LogP) is 4.70. The Morgan fingerprint density at radius 1 is 1.27 bits per heavy atom. The van der Waals surface area contributed by atoms with Crippen LogP contribution in [0.2, 0.25) is 0 Å². The van der Waals surface area contributed by atoms with Crippen LogP contribution in [0.5, 0.6) is 0 Å². The number of thiophene rings is 1. The summed E-state index contributed by atoms with van der Waals surface area (Å²) in [6, 6.07) is 7.48. The fourth-order valence-electron chi connectivity index (χ4n) is 5.23. The summed E-state index contributed by atoms with van der Waals surface area (Å²) in [4.78, 5) is 25.6. The van der Waals surface area contributed by atoms with Gasteiger partial charge in [-0.05, 0) is 37.5 Å². The normalized spacial score (nSPS) is 20.1. The number of fused-ring (bicyclic) bond motifs is 2. The number of anilines is 2. The van der Waals surface area contributed by atoms with E-state index in [0.717, 1.165) is 55.2 Å². The Balaban J connectivity index is 1.14. The lowest BCUT2D eigenvalue weighted by Crippen LogP contribution is -2.56. The third kappa shape index (κ3) is 3.84. The van der Waals surface area contributed by atoms with Crippen molar-refractivity contribution in [1.82, 2.24) is 15.0 Å². The largest absolute Gasteiger partial charge is 0.417 e. The smallest absolute Gasteiger partial charge is 0.408 e. The molecule has 2 N–H and O–H groups in total. The van der Waals surface area contributed by atoms with Gasteiger partial charge in [0.25, 0.3) is 0 Å². The third-order valence-corrected chi connectivity index (χ3v) is 7.62. The molecule has 0 bridgehead atoms. The van der Waals surface area contributed by atoms with Crippen LogP contribution in [0, 0.1) is 5.41 Å². The highest BCUT2D eigenvalue weighted by Crippen LogP contribution is 2.48. The standard InChI is InChI=1S/C22H20F3N5O2S/c23-22(24,25)8-14-6-15-18(26-11-27-19(15)33-14)30-9-21(10-30)4-3-13(7-21)28-12-1-2-16-17(5-12)32-20(31)29-16/h1-2,5-6,11,13,28H,3-4,7-10H2,(H,29,31)/t13-/m1/s1. The molecule has 2 fully saturated rings. The summed E-state index contributed by atoms with van der Waals surface area (Å²) in [7, 11) is 0. The number of oxazole rings is 1. The molecular formula is C22H20F3N5O2S. The lowest BCUT2D eigenvalue weighted by atomic mass is 9.78. The summed E-state index contributed by atoms with van der Waals surface area (Å²) in [5.41, 5.74) is 2.29. The molecule has 0 radical (unpaired) electrons. The topological polar surface area (TPSA) is 87.0 Å². The number of benzene rings is 1. The Hall–Kier alpha value is -3.08. The van der Waals surface area contributed by atoms with Gasteiger partial charge in [0.2, 0.25) is 0 Å². The number of aromatic amines is 1. The molecule has 4 heterocycles. The van der Waals surface area contributed by atoms with E-state index in [4.69, 9.17) is 4.42 Å². The van der Waals surface area contributed by atoms with Crippen LogP contribution in [0.3, 0.4) is 0 Å². The van der Waals surface area contributed by atoms with Gasteiger partial charge < -0.3 is 14.6 Å². The number of hydrogen-bond acceptors (Lipinski definition) is 7. The van der Waals surface area contributed by atoms with Crippen molar-refractivity contribution in [3.05, 3.63) is 46.0 Å². The predicted molar refractivity (Wildman–Crippen MR) is 120 cm³/mol. The molecule has 3 aromatic heterocycles. The molecule has 6 rings (SSSR count). The van der Waals surface area contributed by atoms with E-state index < -0.39 is 18.4 Å². The van der Waals surface area contributed by atoms with Gasteiger partial charge in [-0.2, -0.15) is 13.2 Å². The minimum atomic E-state index is -4.24. The van der Waals surface area contributed by atoms with Gasteiger partial charge in [-0.1, -0.05) is 0 Å². The average molecular weight is 475 g/mol. The zero-order valence-electron chi connectivity index (χ0n) is 17.4. The van der Waals surface area contributed by atoms with Crippen molar-refractivity contribution >= 4 is 44.2 Å². The maximum absolute atomic E-state index is 12.8. The number of aromatic nitrogens is 3. The van der Waals surface area contributed by atoms with Gasteiger partial charge in [0, 0.05) is 41.2 Å². The molecule has 0 amide bonds. The number of rotatable bonds is 4. The van der Waals surface area contributed by atoms with Crippen LogP contribution in [-0.2, 0) is 6.42 Å². The lowest BCUT2D eigenvalue weighted by molar-refractivity contribution is -0.126. The van der Waals surface area contributed by atoms with Crippen molar-refractivity contribution in [1.29, 1.82) is 0 Å². The fraction of sp³-hybridized carbons (Fsp3) is 0.409. The zero-order valence-corrected chi connectivity index (χ0v) is 18.2. The first-order valence-corrected chi connectivity index (χ1v) is 11.5. The van der Waals surface area contributed by atoms with Gasteiger partial charge >= 0.3 is 11.9 Å². The summed E-state index contributed by atoms with van der Waals surface area (Å²) in [5, 5.41) is 4.25. The van der Waals surface area contributed by atoms with Crippen molar-refractivity contribution in [3.8, 4) is 0 Å². The molecular weight excluding hydrogens is 455 g/mol. The Labute approximate surface area is 189 Å². The van der Waals surface area contributed by atoms with E-state index in [2.05, 4.69) is 25.2 Å². The summed E-state index contributed by atoms with van der Waals surface area (Å²) >= 11 is 1.08. The van der Waals surface area contributed by atoms with Gasteiger partial charge in [-0.15, -0.1) is 11.3 Å². The summed E-state index contributed by atoms with van der Waals surface area (Å²) in [6.07, 6.45) is -0.655. The monoisotopic (exact) mass is 475 g/mol. The first-order valence-electron chi connectivity index (χ1n) is 10.7. The summed E-state index contributed by atoms with van der Waals surface area (Å²) in [6.45, 7) is 1.65. The van der Waals surface area contributed by atoms with E-state index in [1.165, 1.54) is 6.33 Å². The van der Waals surface area contributed by atoms with Crippen LogP contribution in [0.1, 0.15) is 24.1 Å². The van der Waals surface area contributed by atoms with Gasteiger partial charge in [-0.3, -0.25) is 4.98 Å². The van der Waals surface area contributed by atoms with E-state index in [1.807, 2.05) is 18.2 Å². The third-order valence-electron chi connectivity index (χ3n) is 6.58. The molecule has 11 heteroatoms. The molecule has 1 aliphatic carbocycles. The van der Waals surface area contributed by atoms with Crippen molar-refractivity contribution in [2.45, 2.75) is 37.9 Å². The van der Waals surface area contributed by atoms with Crippen molar-refractivity contribution < 1.29 is 17.6 Å². The highest BCUT2D eigenvalue weighted by molar-refractivity contribution is 7.18. The number of H-pyrrole nitrogens is 1. The number of nitrogens with one attached hydrogen (secondary N) is 2. The fourth-order valence-corrected chi connectivity index (χ4v) is 6.25. The Bertz CT molecular complexity index is 1400. The minimum absolute atomic E-state index is 0.171. The van der Waals surface area contributed by atoms with Gasteiger partial charge in [-0.25, -0.2) is 14.8 Å². The second kappa shape index (κ2) is 7.21. The number of halogens is 3. The Kier molecular flexibility index (Phi) is 4.48. The summed E-state index contributed by atoms with van der Waals surface area (Å²) in [5.74, 6) is 0.256. The molecule has 1 aliphatic heterocycles. The second-order valence-electron chi connectivity index (χ2n) is 9.09. The molecule has 33 heavy (non-hydrogen) atoms. The maximum atomic E-state index is 12.8. The van der Waals surface area contributed by atoms with Gasteiger partial charge in [0.15, 0.2) is 5.58 Å². The molecule has 0 unspecified atom stereocenters. The van der Waals surface area contributed by atoms with Crippen molar-refractivity contribution in [2.75, 3.05) is 23.3 Å². The minimum Gasteiger partial charge on any atom is -0.408 e. The van der Waals surface area contributed by atoms with Crippen molar-refractivity contribution in [2.24, 2.45) is 5.41 Å². The van der Waals surface area contributed by atoms with Crippen LogP contribution < -0.4 is 16.0 Å². The number of alkyl halides is 3. The van der Waals surface area contributed by atoms with E-state index in [-0.39, 0.29) is 10.3 Å². The zero-order chi connectivity index (χ0) is 22.8. The molecule has 1 aromatic carbocycles. The first-order chi connectivity index (χ1) is 15.8. The van der Waals surface area contributed by atoms with E-state index >= 15 is 0 Å². The van der Waals surface area contributed by atoms with E-state index in [0.29, 0.717) is 27.4 Å². The molecule has 172 valence electrons. The quantitative estimate of drug-likeness (QED) is 0.445. The summed E-state index contributed by atoms with van der Waals surface area (Å²) < 4.78 is 43.6. The molecule has 1 atom stereocenters. The van der Waals surface area contributed by atoms with Crippen LogP contribution in [-0.4, -0.2) is 40.3 Å². The van der Waals surface area contributed by atoms with Crippen LogP contribution in [0.15, 0.2) is 39.8 Å². The molecule has 1 saturated carbocycles. The molecule has 1 saturated heterocycles. The molecule has 1 spiro atoms. The molecule has 2 aliphatic rings. The number of hydrogen-bond donors (Lipinski definition) is 2. The second-order valence-corrected chi connectivity index (χ2v) is 10.2. The van der Waals surface area contributed by atoms with Crippen LogP contribution in [0.4, 0.5) is 24.7 Å². The highest BCUT2D eigenvalue weighted by Gasteiger charge is 2.49. The van der Waals surface area contributed by atoms with E-state index in [1.54, 1.807) is 6.07 Å². The van der Waals surface area contributed by atoms with Gasteiger partial charge in [0.05, 0.1) is 17.3 Å². The highest BCUT2D eigenvalue weighted by atomic mass is 32.1. The van der Waals surface area contributed by atoms with E-state index in [9.17, 15) is 18.0 Å². The first kappa shape index (κ1) is 20.5. The van der Waals surface area contributed by atoms with Gasteiger partial charge in [0.1, 0.15) is 17.0 Å². The average Bonchev–Trinajstić information content (AvgIpc) is 3.40. The maximum Gasteiger partial charge on any atom is 0.417 e. The van der Waals surface area contributed by atoms with Crippen molar-refractivity contribution in [3.63, 3.8) is 0 Å². The number of nitrogens with zero attached hydrogens (tertiary/aromatic N) is 3. The van der Waals surface area contributed by atoms with Crippen LogP contribution >= 0.6 is 11.3 Å². The van der Waals surface area contributed by atoms with Crippen LogP contribution in [0.25, 0.3) is 21.3 Å². The molecule has 7 nitrogen and oxygen atoms in total.